The lowest BCUT2D eigenvalue weighted by Gasteiger charge is -2.14. The highest BCUT2D eigenvalue weighted by Crippen LogP contribution is 2.22. The quantitative estimate of drug-likeness (QED) is 0.835. The molecule has 0 amide bonds. The molecule has 2 heteroatoms. The fourth-order valence-corrected chi connectivity index (χ4v) is 2.30. The van der Waals surface area contributed by atoms with Gasteiger partial charge in [0.2, 0.25) is 0 Å². The molecule has 0 aromatic heterocycles. The van der Waals surface area contributed by atoms with Crippen molar-refractivity contribution in [1.29, 1.82) is 0 Å². The van der Waals surface area contributed by atoms with E-state index in [4.69, 9.17) is 0 Å². The fourth-order valence-electron chi connectivity index (χ4n) is 2.30. The van der Waals surface area contributed by atoms with Gasteiger partial charge in [-0.3, -0.25) is 0 Å². The van der Waals surface area contributed by atoms with E-state index in [0.29, 0.717) is 0 Å². The Bertz CT molecular complexity index is 547. The van der Waals surface area contributed by atoms with Gasteiger partial charge in [-0.05, 0) is 42.2 Å². The Morgan fingerprint density at radius 3 is 2.58 bits per heavy atom. The third-order valence-electron chi connectivity index (χ3n) is 3.42. The molecule has 100 valence electrons. The number of benzene rings is 2. The Balaban J connectivity index is 2.14. The monoisotopic (exact) mass is 254 g/mol. The van der Waals surface area contributed by atoms with E-state index in [1.165, 1.54) is 22.4 Å². The standard InChI is InChI=1S/C17H22N2/c1-4-15-9-5-7-13(2)17(15)19-12-14-8-6-10-16(11-14)18-3/h5-11,18-19H,4,12H2,1-3H3. The minimum Gasteiger partial charge on any atom is -0.388 e. The van der Waals surface area contributed by atoms with Crippen molar-refractivity contribution < 1.29 is 0 Å². The normalized spacial score (nSPS) is 10.3. The number of anilines is 2. The second-order valence-corrected chi connectivity index (χ2v) is 4.77. The number of hydrogen-bond acceptors (Lipinski definition) is 2. The van der Waals surface area contributed by atoms with Crippen LogP contribution in [0.3, 0.4) is 0 Å². The molecule has 2 aromatic carbocycles. The summed E-state index contributed by atoms with van der Waals surface area (Å²) in [4.78, 5) is 0. The van der Waals surface area contributed by atoms with Crippen LogP contribution in [-0.4, -0.2) is 7.05 Å². The Hall–Kier alpha value is -1.96. The van der Waals surface area contributed by atoms with Crippen LogP contribution < -0.4 is 10.6 Å². The molecule has 0 spiro atoms. The summed E-state index contributed by atoms with van der Waals surface area (Å²) in [6.45, 7) is 5.21. The van der Waals surface area contributed by atoms with E-state index < -0.39 is 0 Å². The van der Waals surface area contributed by atoms with Crippen molar-refractivity contribution in [3.05, 3.63) is 59.2 Å². The van der Waals surface area contributed by atoms with E-state index in [1.54, 1.807) is 0 Å². The molecule has 0 unspecified atom stereocenters. The van der Waals surface area contributed by atoms with Crippen molar-refractivity contribution in [2.45, 2.75) is 26.8 Å². The van der Waals surface area contributed by atoms with E-state index >= 15 is 0 Å². The van der Waals surface area contributed by atoms with Crippen molar-refractivity contribution in [2.24, 2.45) is 0 Å². The first-order chi connectivity index (χ1) is 9.24. The van der Waals surface area contributed by atoms with Crippen LogP contribution in [0.5, 0.6) is 0 Å². The van der Waals surface area contributed by atoms with Crippen molar-refractivity contribution >= 4 is 11.4 Å². The molecular weight excluding hydrogens is 232 g/mol. The molecule has 2 rings (SSSR count). The first kappa shape index (κ1) is 13.5. The Morgan fingerprint density at radius 1 is 1.05 bits per heavy atom. The third-order valence-corrected chi connectivity index (χ3v) is 3.42. The average Bonchev–Trinajstić information content (AvgIpc) is 2.46. The van der Waals surface area contributed by atoms with Crippen LogP contribution in [0.1, 0.15) is 23.6 Å². The summed E-state index contributed by atoms with van der Waals surface area (Å²) in [6, 6.07) is 15.0. The van der Waals surface area contributed by atoms with Crippen molar-refractivity contribution in [3.8, 4) is 0 Å². The van der Waals surface area contributed by atoms with Gasteiger partial charge >= 0.3 is 0 Å². The van der Waals surface area contributed by atoms with Gasteiger partial charge in [-0.1, -0.05) is 37.3 Å². The number of aryl methyl sites for hydroxylation is 2. The average molecular weight is 254 g/mol. The molecule has 0 atom stereocenters. The van der Waals surface area contributed by atoms with Crippen molar-refractivity contribution in [2.75, 3.05) is 17.7 Å². The summed E-state index contributed by atoms with van der Waals surface area (Å²) in [5.74, 6) is 0. The van der Waals surface area contributed by atoms with Gasteiger partial charge in [0.1, 0.15) is 0 Å². The lowest BCUT2D eigenvalue weighted by Crippen LogP contribution is -2.04. The summed E-state index contributed by atoms with van der Waals surface area (Å²) < 4.78 is 0. The maximum Gasteiger partial charge on any atom is 0.0404 e. The molecule has 0 saturated carbocycles. The Morgan fingerprint density at radius 2 is 1.84 bits per heavy atom. The zero-order valence-electron chi connectivity index (χ0n) is 12.0. The molecule has 0 heterocycles. The van der Waals surface area contributed by atoms with Crippen molar-refractivity contribution in [1.82, 2.24) is 0 Å². The molecule has 2 aromatic rings. The molecule has 0 fully saturated rings. The molecule has 0 radical (unpaired) electrons. The number of para-hydroxylation sites is 1. The lowest BCUT2D eigenvalue weighted by molar-refractivity contribution is 1.08. The van der Waals surface area contributed by atoms with Gasteiger partial charge in [0.05, 0.1) is 0 Å². The zero-order valence-corrected chi connectivity index (χ0v) is 12.0. The maximum atomic E-state index is 3.57. The van der Waals surface area contributed by atoms with Crippen LogP contribution in [0.25, 0.3) is 0 Å². The molecule has 0 bridgehead atoms. The van der Waals surface area contributed by atoms with Crippen LogP contribution in [-0.2, 0) is 13.0 Å². The topological polar surface area (TPSA) is 24.1 Å². The van der Waals surface area contributed by atoms with Gasteiger partial charge < -0.3 is 10.6 Å². The summed E-state index contributed by atoms with van der Waals surface area (Å²) >= 11 is 0. The predicted octanol–water partition coefficient (Wildman–Crippen LogP) is 4.21. The van der Waals surface area contributed by atoms with Gasteiger partial charge in [-0.25, -0.2) is 0 Å². The highest BCUT2D eigenvalue weighted by Gasteiger charge is 2.03. The van der Waals surface area contributed by atoms with E-state index in [2.05, 4.69) is 66.9 Å². The van der Waals surface area contributed by atoms with Gasteiger partial charge in [0.25, 0.3) is 0 Å². The van der Waals surface area contributed by atoms with Crippen LogP contribution in [0.2, 0.25) is 0 Å². The maximum absolute atomic E-state index is 3.57. The molecule has 0 aliphatic rings. The molecule has 2 N–H and O–H groups in total. The van der Waals surface area contributed by atoms with Crippen LogP contribution >= 0.6 is 0 Å². The second-order valence-electron chi connectivity index (χ2n) is 4.77. The van der Waals surface area contributed by atoms with Crippen LogP contribution in [0.4, 0.5) is 11.4 Å². The van der Waals surface area contributed by atoms with Gasteiger partial charge in [0, 0.05) is 25.0 Å². The predicted molar refractivity (Wildman–Crippen MR) is 83.9 cm³/mol. The smallest absolute Gasteiger partial charge is 0.0404 e. The Kier molecular flexibility index (Phi) is 4.45. The number of hydrogen-bond donors (Lipinski definition) is 2. The first-order valence-electron chi connectivity index (χ1n) is 6.83. The summed E-state index contributed by atoms with van der Waals surface area (Å²) in [5.41, 5.74) is 6.41. The molecule has 0 saturated heterocycles. The highest BCUT2D eigenvalue weighted by molar-refractivity contribution is 5.57. The van der Waals surface area contributed by atoms with Crippen LogP contribution in [0.15, 0.2) is 42.5 Å². The largest absolute Gasteiger partial charge is 0.388 e. The molecule has 0 aliphatic heterocycles. The van der Waals surface area contributed by atoms with Crippen molar-refractivity contribution in [3.63, 3.8) is 0 Å². The van der Waals surface area contributed by atoms with E-state index in [0.717, 1.165) is 18.7 Å². The second kappa shape index (κ2) is 6.28. The minimum atomic E-state index is 0.855. The van der Waals surface area contributed by atoms with E-state index in [1.807, 2.05) is 7.05 Å². The summed E-state index contributed by atoms with van der Waals surface area (Å²) in [6.07, 6.45) is 1.06. The molecule has 0 aliphatic carbocycles. The highest BCUT2D eigenvalue weighted by atomic mass is 14.9. The molecular formula is C17H22N2. The SMILES string of the molecule is CCc1cccc(C)c1NCc1cccc(NC)c1. The summed E-state index contributed by atoms with van der Waals surface area (Å²) in [5, 5.41) is 6.74. The first-order valence-corrected chi connectivity index (χ1v) is 6.83. The molecule has 19 heavy (non-hydrogen) atoms. The molecule has 2 nitrogen and oxygen atoms in total. The fraction of sp³-hybridized carbons (Fsp3) is 0.294. The lowest BCUT2D eigenvalue weighted by atomic mass is 10.1. The van der Waals surface area contributed by atoms with Gasteiger partial charge in [0.15, 0.2) is 0 Å². The third kappa shape index (κ3) is 3.28. The zero-order chi connectivity index (χ0) is 13.7. The number of nitrogens with one attached hydrogen (secondary N) is 2. The van der Waals surface area contributed by atoms with Crippen LogP contribution in [0, 0.1) is 6.92 Å². The van der Waals surface area contributed by atoms with Gasteiger partial charge in [-0.15, -0.1) is 0 Å². The summed E-state index contributed by atoms with van der Waals surface area (Å²) in [7, 11) is 1.95. The Labute approximate surface area is 115 Å². The minimum absolute atomic E-state index is 0.855. The number of rotatable bonds is 5. The van der Waals surface area contributed by atoms with Gasteiger partial charge in [-0.2, -0.15) is 0 Å². The van der Waals surface area contributed by atoms with E-state index in [9.17, 15) is 0 Å². The van der Waals surface area contributed by atoms with E-state index in [-0.39, 0.29) is 0 Å².